The van der Waals surface area contributed by atoms with Gasteiger partial charge in [0, 0.05) is 20.6 Å². The van der Waals surface area contributed by atoms with Crippen LogP contribution in [-0.4, -0.2) is 6.79 Å². The van der Waals surface area contributed by atoms with Crippen molar-refractivity contribution in [1.82, 2.24) is 0 Å². The van der Waals surface area contributed by atoms with Crippen LogP contribution in [0.25, 0.3) is 0 Å². The van der Waals surface area contributed by atoms with E-state index in [1.54, 1.807) is 0 Å². The molecule has 0 spiro atoms. The van der Waals surface area contributed by atoms with Gasteiger partial charge in [-0.1, -0.05) is 34.2 Å². The lowest BCUT2D eigenvalue weighted by atomic mass is 10.1. The van der Waals surface area contributed by atoms with Crippen LogP contribution in [0.15, 0.2) is 12.1 Å². The first-order chi connectivity index (χ1) is 6.31. The maximum Gasteiger partial charge on any atom is 0.189 e. The first-order valence-corrected chi connectivity index (χ1v) is 5.79. The Hall–Kier alpha value is -0.000000000000000139. The Labute approximate surface area is 95.3 Å². The predicted octanol–water partition coefficient (Wildman–Crippen LogP) is 3.14. The lowest BCUT2D eigenvalue weighted by Gasteiger charge is -2.20. The third-order valence-corrected chi connectivity index (χ3v) is 2.94. The van der Waals surface area contributed by atoms with Gasteiger partial charge in [0.05, 0.1) is 6.61 Å². The van der Waals surface area contributed by atoms with Crippen LogP contribution in [0.5, 0.6) is 5.75 Å². The Bertz CT molecular complexity index is 310. The van der Waals surface area contributed by atoms with Gasteiger partial charge in [0.2, 0.25) is 0 Å². The molecular weight excluding hydrogens is 302 g/mol. The highest BCUT2D eigenvalue weighted by atomic mass is 127. The second-order valence-electron chi connectivity index (χ2n) is 2.80. The van der Waals surface area contributed by atoms with E-state index in [1.807, 2.05) is 12.1 Å². The molecule has 13 heavy (non-hydrogen) atoms. The number of hydrogen-bond donors (Lipinski definition) is 0. The molecular formula is C9H8ClIO2. The number of fused-ring (bicyclic) bond motifs is 1. The third kappa shape index (κ3) is 1.92. The van der Waals surface area contributed by atoms with E-state index in [0.717, 1.165) is 26.3 Å². The SMILES string of the molecule is Clc1cc(CI)c2c(c1)COCO2. The zero-order valence-electron chi connectivity index (χ0n) is 6.85. The predicted molar refractivity (Wildman–Crippen MR) is 59.5 cm³/mol. The van der Waals surface area contributed by atoms with Crippen molar-refractivity contribution in [2.75, 3.05) is 6.79 Å². The second kappa shape index (κ2) is 4.02. The number of rotatable bonds is 1. The average molecular weight is 311 g/mol. The summed E-state index contributed by atoms with van der Waals surface area (Å²) >= 11 is 8.24. The topological polar surface area (TPSA) is 18.5 Å². The molecule has 0 saturated carbocycles. The van der Waals surface area contributed by atoms with E-state index in [9.17, 15) is 0 Å². The Kier molecular flexibility index (Phi) is 2.96. The van der Waals surface area contributed by atoms with Gasteiger partial charge in [0.15, 0.2) is 6.79 Å². The van der Waals surface area contributed by atoms with E-state index in [0.29, 0.717) is 13.4 Å². The molecule has 1 aromatic carbocycles. The minimum absolute atomic E-state index is 0.346. The fourth-order valence-corrected chi connectivity index (χ4v) is 2.19. The first kappa shape index (κ1) is 9.55. The van der Waals surface area contributed by atoms with E-state index in [-0.39, 0.29) is 0 Å². The van der Waals surface area contributed by atoms with Gasteiger partial charge in [0.25, 0.3) is 0 Å². The van der Waals surface area contributed by atoms with Gasteiger partial charge in [-0.3, -0.25) is 0 Å². The highest BCUT2D eigenvalue weighted by molar-refractivity contribution is 14.1. The Morgan fingerprint density at radius 2 is 2.31 bits per heavy atom. The van der Waals surface area contributed by atoms with Crippen molar-refractivity contribution in [1.29, 1.82) is 0 Å². The fourth-order valence-electron chi connectivity index (χ4n) is 1.36. The molecule has 1 heterocycles. The summed E-state index contributed by atoms with van der Waals surface area (Å²) in [4.78, 5) is 0. The molecule has 0 saturated heterocycles. The Morgan fingerprint density at radius 3 is 3.08 bits per heavy atom. The van der Waals surface area contributed by atoms with Crippen molar-refractivity contribution in [2.45, 2.75) is 11.0 Å². The number of halogens is 2. The molecule has 0 N–H and O–H groups in total. The summed E-state index contributed by atoms with van der Waals surface area (Å²) in [7, 11) is 0. The monoisotopic (exact) mass is 310 g/mol. The minimum Gasteiger partial charge on any atom is -0.467 e. The van der Waals surface area contributed by atoms with Gasteiger partial charge in [-0.05, 0) is 12.1 Å². The van der Waals surface area contributed by atoms with Crippen LogP contribution in [-0.2, 0) is 15.8 Å². The molecule has 1 aromatic rings. The van der Waals surface area contributed by atoms with Crippen LogP contribution >= 0.6 is 34.2 Å². The molecule has 0 amide bonds. The van der Waals surface area contributed by atoms with Crippen LogP contribution in [0, 0.1) is 0 Å². The van der Waals surface area contributed by atoms with Crippen LogP contribution in [0.4, 0.5) is 0 Å². The summed E-state index contributed by atoms with van der Waals surface area (Å²) in [6, 6.07) is 3.84. The van der Waals surface area contributed by atoms with Gasteiger partial charge in [0.1, 0.15) is 5.75 Å². The lowest BCUT2D eigenvalue weighted by molar-refractivity contribution is -0.0168. The molecule has 1 aliphatic rings. The second-order valence-corrected chi connectivity index (χ2v) is 4.00. The molecule has 0 aromatic heterocycles. The summed E-state index contributed by atoms with van der Waals surface area (Å²) in [5.41, 5.74) is 2.19. The molecule has 2 nitrogen and oxygen atoms in total. The van der Waals surface area contributed by atoms with Crippen LogP contribution in [0.3, 0.4) is 0 Å². The number of benzene rings is 1. The van der Waals surface area contributed by atoms with E-state index >= 15 is 0 Å². The molecule has 4 heteroatoms. The fraction of sp³-hybridized carbons (Fsp3) is 0.333. The molecule has 0 fully saturated rings. The zero-order chi connectivity index (χ0) is 9.26. The molecule has 0 atom stereocenters. The van der Waals surface area contributed by atoms with Gasteiger partial charge in [-0.2, -0.15) is 0 Å². The molecule has 1 aliphatic heterocycles. The maximum atomic E-state index is 5.95. The number of alkyl halides is 1. The smallest absolute Gasteiger partial charge is 0.189 e. The largest absolute Gasteiger partial charge is 0.467 e. The lowest BCUT2D eigenvalue weighted by Crippen LogP contribution is -2.12. The molecule has 2 rings (SSSR count). The molecule has 0 bridgehead atoms. The number of ether oxygens (including phenoxy) is 2. The quantitative estimate of drug-likeness (QED) is 0.586. The van der Waals surface area contributed by atoms with Crippen molar-refractivity contribution in [3.8, 4) is 5.75 Å². The van der Waals surface area contributed by atoms with Crippen LogP contribution in [0.1, 0.15) is 11.1 Å². The average Bonchev–Trinajstić information content (AvgIpc) is 2.16. The highest BCUT2D eigenvalue weighted by Crippen LogP contribution is 2.32. The standard InChI is InChI=1S/C9H8ClIO2/c10-8-1-6(3-11)9-7(2-8)4-12-5-13-9/h1-2H,3-5H2. The van der Waals surface area contributed by atoms with Crippen molar-refractivity contribution in [3.63, 3.8) is 0 Å². The summed E-state index contributed by atoms with van der Waals surface area (Å²) in [6.45, 7) is 0.942. The Morgan fingerprint density at radius 1 is 1.46 bits per heavy atom. The van der Waals surface area contributed by atoms with Crippen molar-refractivity contribution >= 4 is 34.2 Å². The van der Waals surface area contributed by atoms with E-state index in [4.69, 9.17) is 21.1 Å². The molecule has 0 aliphatic carbocycles. The van der Waals surface area contributed by atoms with Crippen molar-refractivity contribution < 1.29 is 9.47 Å². The van der Waals surface area contributed by atoms with E-state index in [1.165, 1.54) is 0 Å². The van der Waals surface area contributed by atoms with Gasteiger partial charge < -0.3 is 9.47 Å². The summed E-state index contributed by atoms with van der Waals surface area (Å²) in [6.07, 6.45) is 0. The van der Waals surface area contributed by atoms with Crippen LogP contribution < -0.4 is 4.74 Å². The molecule has 70 valence electrons. The summed E-state index contributed by atoms with van der Waals surface area (Å²) in [5, 5.41) is 0.750. The van der Waals surface area contributed by atoms with Crippen molar-refractivity contribution in [3.05, 3.63) is 28.3 Å². The highest BCUT2D eigenvalue weighted by Gasteiger charge is 2.15. The molecule has 0 radical (unpaired) electrons. The minimum atomic E-state index is 0.346. The van der Waals surface area contributed by atoms with Gasteiger partial charge in [-0.15, -0.1) is 0 Å². The molecule has 0 unspecified atom stereocenters. The summed E-state index contributed by atoms with van der Waals surface area (Å²) in [5.74, 6) is 0.949. The zero-order valence-corrected chi connectivity index (χ0v) is 9.76. The maximum absolute atomic E-state index is 5.95. The van der Waals surface area contributed by atoms with E-state index in [2.05, 4.69) is 22.6 Å². The van der Waals surface area contributed by atoms with E-state index < -0.39 is 0 Å². The number of hydrogen-bond acceptors (Lipinski definition) is 2. The van der Waals surface area contributed by atoms with Gasteiger partial charge >= 0.3 is 0 Å². The Balaban J connectivity index is 2.50. The van der Waals surface area contributed by atoms with Gasteiger partial charge in [-0.25, -0.2) is 0 Å². The normalized spacial score (nSPS) is 14.9. The summed E-state index contributed by atoms with van der Waals surface area (Å²) < 4.78 is 11.5. The third-order valence-electron chi connectivity index (χ3n) is 1.90. The van der Waals surface area contributed by atoms with Crippen LogP contribution in [0.2, 0.25) is 5.02 Å². The van der Waals surface area contributed by atoms with Crippen molar-refractivity contribution in [2.24, 2.45) is 0 Å². The first-order valence-electron chi connectivity index (χ1n) is 3.89.